The smallest absolute Gasteiger partial charge is 0.261 e. The Balaban J connectivity index is 1.36. The molecule has 1 fully saturated rings. The molecule has 32 heavy (non-hydrogen) atoms. The summed E-state index contributed by atoms with van der Waals surface area (Å²) in [5, 5.41) is 3.10. The molecule has 1 aliphatic heterocycles. The van der Waals surface area contributed by atoms with Gasteiger partial charge in [-0.3, -0.25) is 14.4 Å². The molecular weight excluding hydrogens is 451 g/mol. The Labute approximate surface area is 190 Å². The number of thiazole rings is 1. The number of anilines is 1. The molecule has 0 bridgehead atoms. The van der Waals surface area contributed by atoms with Gasteiger partial charge in [0.25, 0.3) is 15.9 Å². The summed E-state index contributed by atoms with van der Waals surface area (Å²) in [6, 6.07) is 11.2. The molecule has 0 radical (unpaired) electrons. The first kappa shape index (κ1) is 22.4. The number of halogens is 1. The van der Waals surface area contributed by atoms with E-state index in [0.29, 0.717) is 18.7 Å². The first-order chi connectivity index (χ1) is 15.3. The van der Waals surface area contributed by atoms with Gasteiger partial charge in [0, 0.05) is 43.7 Å². The van der Waals surface area contributed by atoms with Gasteiger partial charge < -0.3 is 4.90 Å². The maximum absolute atomic E-state index is 13.8. The van der Waals surface area contributed by atoms with Crippen molar-refractivity contribution in [3.05, 3.63) is 76.0 Å². The highest BCUT2D eigenvalue weighted by molar-refractivity contribution is 7.92. The van der Waals surface area contributed by atoms with Crippen molar-refractivity contribution < 1.29 is 17.6 Å². The van der Waals surface area contributed by atoms with Gasteiger partial charge in [0.1, 0.15) is 5.82 Å². The van der Waals surface area contributed by atoms with Gasteiger partial charge in [-0.25, -0.2) is 17.8 Å². The normalized spacial score (nSPS) is 15.0. The Hall–Kier alpha value is -2.82. The molecule has 4 rings (SSSR count). The minimum Gasteiger partial charge on any atom is -0.336 e. The van der Waals surface area contributed by atoms with E-state index in [0.717, 1.165) is 30.3 Å². The van der Waals surface area contributed by atoms with E-state index in [1.807, 2.05) is 6.92 Å². The second kappa shape index (κ2) is 9.35. The fourth-order valence-corrected chi connectivity index (χ4v) is 5.20. The highest BCUT2D eigenvalue weighted by Crippen LogP contribution is 2.20. The SMILES string of the molecule is Cc1nc(CN2CCN(C(=O)c3ccc(S(=O)(=O)Nc4ccccc4F)cc3)CC2)cs1. The molecule has 0 unspecified atom stereocenters. The zero-order chi connectivity index (χ0) is 22.7. The molecule has 1 aromatic heterocycles. The maximum Gasteiger partial charge on any atom is 0.261 e. The molecule has 0 saturated carbocycles. The predicted octanol–water partition coefficient (Wildman–Crippen LogP) is 3.35. The monoisotopic (exact) mass is 474 g/mol. The molecule has 0 spiro atoms. The lowest BCUT2D eigenvalue weighted by molar-refractivity contribution is 0.0627. The first-order valence-electron chi connectivity index (χ1n) is 10.1. The Bertz CT molecular complexity index is 1200. The number of nitrogens with zero attached hydrogens (tertiary/aromatic N) is 3. The molecule has 0 atom stereocenters. The largest absolute Gasteiger partial charge is 0.336 e. The van der Waals surface area contributed by atoms with Gasteiger partial charge in [0.2, 0.25) is 0 Å². The van der Waals surface area contributed by atoms with Crippen LogP contribution >= 0.6 is 11.3 Å². The van der Waals surface area contributed by atoms with E-state index in [1.165, 1.54) is 42.5 Å². The summed E-state index contributed by atoms with van der Waals surface area (Å²) >= 11 is 1.63. The van der Waals surface area contributed by atoms with E-state index in [-0.39, 0.29) is 16.5 Å². The van der Waals surface area contributed by atoms with Crippen molar-refractivity contribution in [2.45, 2.75) is 18.4 Å². The summed E-state index contributed by atoms with van der Waals surface area (Å²) in [6.45, 7) is 5.45. The lowest BCUT2D eigenvalue weighted by Gasteiger charge is -2.34. The number of piperazine rings is 1. The van der Waals surface area contributed by atoms with Crippen LogP contribution in [0.15, 0.2) is 58.8 Å². The fraction of sp³-hybridized carbons (Fsp3) is 0.273. The Morgan fingerprint density at radius 3 is 2.41 bits per heavy atom. The van der Waals surface area contributed by atoms with E-state index in [4.69, 9.17) is 0 Å². The fourth-order valence-electron chi connectivity index (χ4n) is 3.53. The number of carbonyl (C=O) groups is 1. The average Bonchev–Trinajstić information content (AvgIpc) is 3.20. The highest BCUT2D eigenvalue weighted by atomic mass is 32.2. The third-order valence-corrected chi connectivity index (χ3v) is 7.45. The number of hydrogen-bond donors (Lipinski definition) is 1. The quantitative estimate of drug-likeness (QED) is 0.593. The lowest BCUT2D eigenvalue weighted by Crippen LogP contribution is -2.48. The second-order valence-corrected chi connectivity index (χ2v) is 10.3. The van der Waals surface area contributed by atoms with Crippen LogP contribution in [-0.2, 0) is 16.6 Å². The molecule has 0 aliphatic carbocycles. The molecule has 7 nitrogen and oxygen atoms in total. The van der Waals surface area contributed by atoms with Gasteiger partial charge >= 0.3 is 0 Å². The molecule has 168 valence electrons. The third-order valence-electron chi connectivity index (χ3n) is 5.24. The zero-order valence-corrected chi connectivity index (χ0v) is 19.1. The standard InChI is InChI=1S/C22H23FN4O3S2/c1-16-24-18(15-31-16)14-26-10-12-27(13-11-26)22(28)17-6-8-19(9-7-17)32(29,30)25-21-5-3-2-4-20(21)23/h2-9,15,25H,10-14H2,1H3. The maximum atomic E-state index is 13.8. The molecule has 10 heteroatoms. The molecule has 1 amide bonds. The van der Waals surface area contributed by atoms with Crippen LogP contribution in [0.25, 0.3) is 0 Å². The van der Waals surface area contributed by atoms with Crippen molar-refractivity contribution in [2.24, 2.45) is 0 Å². The Morgan fingerprint density at radius 2 is 1.78 bits per heavy atom. The van der Waals surface area contributed by atoms with Crippen molar-refractivity contribution in [1.29, 1.82) is 0 Å². The number of amides is 1. The highest BCUT2D eigenvalue weighted by Gasteiger charge is 2.23. The number of benzene rings is 2. The number of hydrogen-bond acceptors (Lipinski definition) is 6. The summed E-state index contributed by atoms with van der Waals surface area (Å²) in [5.74, 6) is -0.799. The number of carbonyl (C=O) groups excluding carboxylic acids is 1. The molecule has 1 aliphatic rings. The second-order valence-electron chi connectivity index (χ2n) is 7.54. The van der Waals surface area contributed by atoms with Gasteiger partial charge in [-0.05, 0) is 43.3 Å². The van der Waals surface area contributed by atoms with Crippen LogP contribution in [-0.4, -0.2) is 55.3 Å². The van der Waals surface area contributed by atoms with E-state index >= 15 is 0 Å². The van der Waals surface area contributed by atoms with Crippen LogP contribution in [0.4, 0.5) is 10.1 Å². The third kappa shape index (κ3) is 5.14. The van der Waals surface area contributed by atoms with Crippen LogP contribution in [0, 0.1) is 12.7 Å². The lowest BCUT2D eigenvalue weighted by atomic mass is 10.2. The van der Waals surface area contributed by atoms with E-state index in [1.54, 1.807) is 22.3 Å². The number of para-hydroxylation sites is 1. The van der Waals surface area contributed by atoms with Crippen molar-refractivity contribution in [3.8, 4) is 0 Å². The minimum absolute atomic E-state index is 0.0410. The number of aryl methyl sites for hydroxylation is 1. The summed E-state index contributed by atoms with van der Waals surface area (Å²) in [6.07, 6.45) is 0. The number of nitrogens with one attached hydrogen (secondary N) is 1. The molecular formula is C22H23FN4O3S2. The summed E-state index contributed by atoms with van der Waals surface area (Å²) in [4.78, 5) is 21.3. The zero-order valence-electron chi connectivity index (χ0n) is 17.5. The topological polar surface area (TPSA) is 82.6 Å². The van der Waals surface area contributed by atoms with Crippen LogP contribution in [0.1, 0.15) is 21.1 Å². The summed E-state index contributed by atoms with van der Waals surface area (Å²) < 4.78 is 41.1. The van der Waals surface area contributed by atoms with Gasteiger partial charge in [-0.1, -0.05) is 12.1 Å². The molecule has 2 heterocycles. The van der Waals surface area contributed by atoms with Crippen molar-refractivity contribution in [3.63, 3.8) is 0 Å². The first-order valence-corrected chi connectivity index (χ1v) is 12.5. The number of rotatable bonds is 6. The molecule has 3 aromatic rings. The van der Waals surface area contributed by atoms with E-state index in [2.05, 4.69) is 20.0 Å². The Kier molecular flexibility index (Phi) is 6.54. The van der Waals surface area contributed by atoms with Gasteiger partial charge in [-0.2, -0.15) is 0 Å². The van der Waals surface area contributed by atoms with E-state index in [9.17, 15) is 17.6 Å². The number of aromatic nitrogens is 1. The van der Waals surface area contributed by atoms with Gasteiger partial charge in [0.05, 0.1) is 21.3 Å². The predicted molar refractivity (Wildman–Crippen MR) is 122 cm³/mol. The Morgan fingerprint density at radius 1 is 1.09 bits per heavy atom. The van der Waals surface area contributed by atoms with Gasteiger partial charge in [0.15, 0.2) is 0 Å². The van der Waals surface area contributed by atoms with Crippen LogP contribution in [0.5, 0.6) is 0 Å². The molecule has 1 N–H and O–H groups in total. The van der Waals surface area contributed by atoms with Crippen LogP contribution < -0.4 is 4.72 Å². The van der Waals surface area contributed by atoms with Crippen molar-refractivity contribution >= 4 is 33.0 Å². The van der Waals surface area contributed by atoms with Gasteiger partial charge in [-0.15, -0.1) is 11.3 Å². The number of sulfonamides is 1. The molecule has 1 saturated heterocycles. The molecule has 2 aromatic carbocycles. The average molecular weight is 475 g/mol. The summed E-state index contributed by atoms with van der Waals surface area (Å²) in [5.41, 5.74) is 1.34. The van der Waals surface area contributed by atoms with Crippen LogP contribution in [0.2, 0.25) is 0 Å². The van der Waals surface area contributed by atoms with Crippen LogP contribution in [0.3, 0.4) is 0 Å². The summed E-state index contributed by atoms with van der Waals surface area (Å²) in [7, 11) is -3.97. The minimum atomic E-state index is -3.97. The van der Waals surface area contributed by atoms with E-state index < -0.39 is 15.8 Å². The van der Waals surface area contributed by atoms with Crippen molar-refractivity contribution in [2.75, 3.05) is 30.9 Å². The van der Waals surface area contributed by atoms with Crippen molar-refractivity contribution in [1.82, 2.24) is 14.8 Å².